The van der Waals surface area contributed by atoms with Gasteiger partial charge in [0.2, 0.25) is 0 Å². The third kappa shape index (κ3) is 3.94. The van der Waals surface area contributed by atoms with Crippen molar-refractivity contribution in [2.45, 2.75) is 45.3 Å². The van der Waals surface area contributed by atoms with E-state index in [1.54, 1.807) is 4.90 Å². The molecule has 0 aromatic carbocycles. The van der Waals surface area contributed by atoms with E-state index in [9.17, 15) is 4.79 Å². The third-order valence-electron chi connectivity index (χ3n) is 2.76. The Bertz CT molecular complexity index is 314. The fraction of sp³-hybridized carbons (Fsp3) is 0.769. The van der Waals surface area contributed by atoms with Gasteiger partial charge in [-0.2, -0.15) is 0 Å². The second kappa shape index (κ2) is 5.42. The summed E-state index contributed by atoms with van der Waals surface area (Å²) in [7, 11) is 0. The summed E-state index contributed by atoms with van der Waals surface area (Å²) in [5.41, 5.74) is -0.525. The van der Waals surface area contributed by atoms with Crippen LogP contribution in [-0.2, 0) is 4.74 Å². The number of rotatable bonds is 1. The van der Waals surface area contributed by atoms with Gasteiger partial charge in [0.15, 0.2) is 0 Å². The van der Waals surface area contributed by atoms with E-state index in [0.717, 1.165) is 12.8 Å². The maximum absolute atomic E-state index is 12.0. The molecule has 1 saturated heterocycles. The first-order valence-corrected chi connectivity index (χ1v) is 5.94. The van der Waals surface area contributed by atoms with Crippen molar-refractivity contribution < 1.29 is 14.6 Å². The molecule has 1 aliphatic heterocycles. The Morgan fingerprint density at radius 3 is 2.65 bits per heavy atom. The van der Waals surface area contributed by atoms with E-state index in [1.807, 2.05) is 20.8 Å². The SMILES string of the molecule is C#C[C@@H]1CC[C@@H](CO)CN1C(=O)OC(C)(C)C. The molecule has 4 heteroatoms. The highest BCUT2D eigenvalue weighted by Crippen LogP contribution is 2.23. The Balaban J connectivity index is 2.70. The van der Waals surface area contributed by atoms with Crippen molar-refractivity contribution >= 4 is 6.09 Å². The highest BCUT2D eigenvalue weighted by molar-refractivity contribution is 5.69. The van der Waals surface area contributed by atoms with Crippen LogP contribution in [0.25, 0.3) is 0 Å². The second-order valence-corrected chi connectivity index (χ2v) is 5.44. The number of likely N-dealkylation sites (tertiary alicyclic amines) is 1. The number of aliphatic hydroxyl groups excluding tert-OH is 1. The first-order chi connectivity index (χ1) is 7.87. The van der Waals surface area contributed by atoms with Crippen LogP contribution < -0.4 is 0 Å². The van der Waals surface area contributed by atoms with Gasteiger partial charge in [-0.15, -0.1) is 6.42 Å². The monoisotopic (exact) mass is 239 g/mol. The molecule has 0 aromatic rings. The lowest BCUT2D eigenvalue weighted by molar-refractivity contribution is 0.00588. The lowest BCUT2D eigenvalue weighted by Gasteiger charge is -2.37. The van der Waals surface area contributed by atoms with E-state index >= 15 is 0 Å². The van der Waals surface area contributed by atoms with E-state index in [-0.39, 0.29) is 18.6 Å². The van der Waals surface area contributed by atoms with Gasteiger partial charge in [-0.3, -0.25) is 4.90 Å². The minimum absolute atomic E-state index is 0.0799. The third-order valence-corrected chi connectivity index (χ3v) is 2.76. The topological polar surface area (TPSA) is 49.8 Å². The minimum atomic E-state index is -0.525. The van der Waals surface area contributed by atoms with Crippen molar-refractivity contribution in [1.82, 2.24) is 4.90 Å². The Labute approximate surface area is 103 Å². The maximum Gasteiger partial charge on any atom is 0.411 e. The quantitative estimate of drug-likeness (QED) is 0.707. The molecule has 4 nitrogen and oxygen atoms in total. The van der Waals surface area contributed by atoms with Crippen molar-refractivity contribution in [1.29, 1.82) is 0 Å². The van der Waals surface area contributed by atoms with Crippen molar-refractivity contribution in [2.75, 3.05) is 13.2 Å². The summed E-state index contributed by atoms with van der Waals surface area (Å²) in [4.78, 5) is 13.5. The predicted molar refractivity (Wildman–Crippen MR) is 65.4 cm³/mol. The van der Waals surface area contributed by atoms with Crippen LogP contribution in [0.15, 0.2) is 0 Å². The number of piperidine rings is 1. The van der Waals surface area contributed by atoms with Crippen LogP contribution in [-0.4, -0.2) is 40.9 Å². The fourth-order valence-corrected chi connectivity index (χ4v) is 1.89. The Kier molecular flexibility index (Phi) is 4.41. The summed E-state index contributed by atoms with van der Waals surface area (Å²) in [6, 6.07) is -0.215. The number of aliphatic hydroxyl groups is 1. The molecule has 0 aromatic heterocycles. The van der Waals surface area contributed by atoms with Gasteiger partial charge in [-0.25, -0.2) is 4.79 Å². The molecule has 0 aliphatic carbocycles. The highest BCUT2D eigenvalue weighted by Gasteiger charge is 2.33. The molecule has 17 heavy (non-hydrogen) atoms. The van der Waals surface area contributed by atoms with Crippen molar-refractivity contribution in [3.05, 3.63) is 0 Å². The zero-order valence-electron chi connectivity index (χ0n) is 10.8. The molecule has 0 spiro atoms. The van der Waals surface area contributed by atoms with Gasteiger partial charge >= 0.3 is 6.09 Å². The van der Waals surface area contributed by atoms with Crippen LogP contribution in [0.5, 0.6) is 0 Å². The summed E-state index contributed by atoms with van der Waals surface area (Å²) < 4.78 is 5.31. The number of carbonyl (C=O) groups excluding carboxylic acids is 1. The predicted octanol–water partition coefficient (Wildman–Crippen LogP) is 1.63. The van der Waals surface area contributed by atoms with Crippen LogP contribution in [0.2, 0.25) is 0 Å². The molecule has 0 bridgehead atoms. The number of carbonyl (C=O) groups is 1. The number of hydrogen-bond acceptors (Lipinski definition) is 3. The first kappa shape index (κ1) is 13.9. The molecule has 1 heterocycles. The summed E-state index contributed by atoms with van der Waals surface area (Å²) in [6.45, 7) is 6.02. The van der Waals surface area contributed by atoms with Crippen LogP contribution in [0.1, 0.15) is 33.6 Å². The molecule has 2 atom stereocenters. The first-order valence-electron chi connectivity index (χ1n) is 5.94. The van der Waals surface area contributed by atoms with E-state index in [0.29, 0.717) is 6.54 Å². The highest BCUT2D eigenvalue weighted by atomic mass is 16.6. The van der Waals surface area contributed by atoms with Gasteiger partial charge in [-0.1, -0.05) is 5.92 Å². The van der Waals surface area contributed by atoms with Crippen molar-refractivity contribution in [2.24, 2.45) is 5.92 Å². The Morgan fingerprint density at radius 2 is 2.18 bits per heavy atom. The van der Waals surface area contributed by atoms with Gasteiger partial charge in [0.05, 0.1) is 6.04 Å². The summed E-state index contributed by atoms with van der Waals surface area (Å²) in [5.74, 6) is 2.71. The lowest BCUT2D eigenvalue weighted by Crippen LogP contribution is -2.48. The molecule has 1 N–H and O–H groups in total. The van der Waals surface area contributed by atoms with Crippen LogP contribution >= 0.6 is 0 Å². The summed E-state index contributed by atoms with van der Waals surface area (Å²) >= 11 is 0. The molecule has 96 valence electrons. The van der Waals surface area contributed by atoms with Crippen molar-refractivity contribution in [3.8, 4) is 12.3 Å². The normalized spacial score (nSPS) is 25.2. The molecule has 0 unspecified atom stereocenters. The van der Waals surface area contributed by atoms with E-state index < -0.39 is 11.7 Å². The Hall–Kier alpha value is -1.21. The number of terminal acetylenes is 1. The van der Waals surface area contributed by atoms with Crippen LogP contribution in [0.4, 0.5) is 4.79 Å². The second-order valence-electron chi connectivity index (χ2n) is 5.44. The molecule has 1 rings (SSSR count). The largest absolute Gasteiger partial charge is 0.444 e. The zero-order valence-corrected chi connectivity index (χ0v) is 10.8. The van der Waals surface area contributed by atoms with Crippen molar-refractivity contribution in [3.63, 3.8) is 0 Å². The molecular weight excluding hydrogens is 218 g/mol. The average Bonchev–Trinajstić information content (AvgIpc) is 2.25. The van der Waals surface area contributed by atoms with Gasteiger partial charge < -0.3 is 9.84 Å². The van der Waals surface area contributed by atoms with E-state index in [1.165, 1.54) is 0 Å². The summed E-state index contributed by atoms with van der Waals surface area (Å²) in [5, 5.41) is 9.15. The van der Waals surface area contributed by atoms with Crippen LogP contribution in [0, 0.1) is 18.3 Å². The molecule has 1 fully saturated rings. The van der Waals surface area contributed by atoms with Gasteiger partial charge in [0, 0.05) is 13.2 Å². The van der Waals surface area contributed by atoms with Gasteiger partial charge in [0.1, 0.15) is 5.60 Å². The van der Waals surface area contributed by atoms with Gasteiger partial charge in [0.25, 0.3) is 0 Å². The summed E-state index contributed by atoms with van der Waals surface area (Å²) in [6.07, 6.45) is 6.61. The Morgan fingerprint density at radius 1 is 1.53 bits per heavy atom. The number of nitrogens with zero attached hydrogens (tertiary/aromatic N) is 1. The number of amides is 1. The number of ether oxygens (including phenoxy) is 1. The molecule has 1 aliphatic rings. The molecule has 0 radical (unpaired) electrons. The standard InChI is InChI=1S/C13H21NO3/c1-5-11-7-6-10(9-15)8-14(11)12(16)17-13(2,3)4/h1,10-11,15H,6-9H2,2-4H3/t10-,11-/m1/s1. The number of hydrogen-bond donors (Lipinski definition) is 1. The average molecular weight is 239 g/mol. The molecule has 0 saturated carbocycles. The molecular formula is C13H21NO3. The lowest BCUT2D eigenvalue weighted by atomic mass is 9.94. The minimum Gasteiger partial charge on any atom is -0.444 e. The molecule has 1 amide bonds. The van der Waals surface area contributed by atoms with E-state index in [4.69, 9.17) is 16.3 Å². The smallest absolute Gasteiger partial charge is 0.411 e. The zero-order chi connectivity index (χ0) is 13.1. The maximum atomic E-state index is 12.0. The van der Waals surface area contributed by atoms with Gasteiger partial charge in [-0.05, 0) is 39.5 Å². The fourth-order valence-electron chi connectivity index (χ4n) is 1.89. The van der Waals surface area contributed by atoms with E-state index in [2.05, 4.69) is 5.92 Å². The van der Waals surface area contributed by atoms with Crippen LogP contribution in [0.3, 0.4) is 0 Å².